The lowest BCUT2D eigenvalue weighted by Gasteiger charge is -2.44. The lowest BCUT2D eigenvalue weighted by atomic mass is 9.85. The maximum atomic E-state index is 13.5. The van der Waals surface area contributed by atoms with Crippen molar-refractivity contribution in [2.24, 2.45) is 0 Å². The number of benzene rings is 1. The van der Waals surface area contributed by atoms with Crippen molar-refractivity contribution in [3.05, 3.63) is 27.4 Å². The Hall–Kier alpha value is -0.360. The number of hydrogen-bond acceptors (Lipinski definition) is 3. The summed E-state index contributed by atoms with van der Waals surface area (Å²) in [6.45, 7) is 5.53. The Morgan fingerprint density at radius 3 is 2.85 bits per heavy atom. The van der Waals surface area contributed by atoms with Crippen molar-refractivity contribution in [2.75, 3.05) is 13.2 Å². The van der Waals surface area contributed by atoms with Crippen molar-refractivity contribution in [3.63, 3.8) is 0 Å². The Morgan fingerprint density at radius 2 is 2.20 bits per heavy atom. The van der Waals surface area contributed by atoms with Crippen LogP contribution in [-0.4, -0.2) is 31.4 Å². The number of hydrogen-bond donors (Lipinski definition) is 1. The van der Waals surface area contributed by atoms with Crippen LogP contribution < -0.4 is 10.1 Å². The normalized spacial score (nSPS) is 25.4. The molecule has 0 spiro atoms. The van der Waals surface area contributed by atoms with Gasteiger partial charge in [-0.2, -0.15) is 0 Å². The number of nitrogens with one attached hydrogen (secondary N) is 1. The van der Waals surface area contributed by atoms with Gasteiger partial charge in [0.2, 0.25) is 0 Å². The third-order valence-corrected chi connectivity index (χ3v) is 4.24. The molecule has 1 aliphatic carbocycles. The van der Waals surface area contributed by atoms with Gasteiger partial charge in [0.15, 0.2) is 0 Å². The molecule has 6 heteroatoms. The Labute approximate surface area is 131 Å². The van der Waals surface area contributed by atoms with Crippen LogP contribution in [0.15, 0.2) is 16.6 Å². The summed E-state index contributed by atoms with van der Waals surface area (Å²) in [7, 11) is 0. The second-order valence-corrected chi connectivity index (χ2v) is 5.93. The van der Waals surface area contributed by atoms with E-state index in [1.54, 1.807) is 0 Å². The number of halogens is 3. The van der Waals surface area contributed by atoms with Gasteiger partial charge in [0.05, 0.1) is 9.50 Å². The molecule has 1 aliphatic rings. The molecule has 1 N–H and O–H groups in total. The number of likely N-dealkylation sites (N-methyl/N-ethyl adjacent to an activating group) is 1. The molecule has 1 aromatic rings. The van der Waals surface area contributed by atoms with Crippen LogP contribution >= 0.6 is 27.5 Å². The first-order valence-corrected chi connectivity index (χ1v) is 7.90. The number of rotatable bonds is 6. The van der Waals surface area contributed by atoms with E-state index in [-0.39, 0.29) is 17.2 Å². The minimum atomic E-state index is -0.486. The zero-order valence-electron chi connectivity index (χ0n) is 11.5. The molecule has 0 saturated heterocycles. The molecule has 0 aliphatic heterocycles. The molecular formula is C14H18BrClFNO2. The fraction of sp³-hybridized carbons (Fsp3) is 0.571. The van der Waals surface area contributed by atoms with Gasteiger partial charge < -0.3 is 14.8 Å². The Balaban J connectivity index is 2.05. The van der Waals surface area contributed by atoms with Crippen molar-refractivity contribution in [2.45, 2.75) is 38.5 Å². The zero-order chi connectivity index (χ0) is 14.7. The fourth-order valence-electron chi connectivity index (χ4n) is 2.33. The summed E-state index contributed by atoms with van der Waals surface area (Å²) in [5.74, 6) is -0.0306. The zero-order valence-corrected chi connectivity index (χ0v) is 13.8. The molecule has 0 bridgehead atoms. The van der Waals surface area contributed by atoms with E-state index >= 15 is 0 Å². The second kappa shape index (κ2) is 7.07. The standard InChI is InChI=1S/C14H18BrClFNO2/c1-3-18-11-7-13(14(11)19-4-2)20-12-6-10(17)9(16)5-8(12)15/h5-6,11,13-14,18H,3-4,7H2,1-2H3. The predicted octanol–water partition coefficient (Wildman–Crippen LogP) is 3.78. The summed E-state index contributed by atoms with van der Waals surface area (Å²) in [4.78, 5) is 0. The van der Waals surface area contributed by atoms with E-state index in [0.29, 0.717) is 22.9 Å². The highest BCUT2D eigenvalue weighted by molar-refractivity contribution is 9.10. The minimum Gasteiger partial charge on any atom is -0.486 e. The van der Waals surface area contributed by atoms with Crippen LogP contribution in [0.1, 0.15) is 20.3 Å². The summed E-state index contributed by atoms with van der Waals surface area (Å²) in [5, 5.41) is 3.43. The molecule has 3 unspecified atom stereocenters. The summed E-state index contributed by atoms with van der Waals surface area (Å²) < 4.78 is 25.7. The van der Waals surface area contributed by atoms with Gasteiger partial charge in [-0.1, -0.05) is 18.5 Å². The molecule has 1 fully saturated rings. The topological polar surface area (TPSA) is 30.5 Å². The maximum Gasteiger partial charge on any atom is 0.145 e. The monoisotopic (exact) mass is 365 g/mol. The van der Waals surface area contributed by atoms with Crippen LogP contribution in [0.5, 0.6) is 5.75 Å². The largest absolute Gasteiger partial charge is 0.486 e. The van der Waals surface area contributed by atoms with E-state index < -0.39 is 5.82 Å². The van der Waals surface area contributed by atoms with Crippen molar-refractivity contribution < 1.29 is 13.9 Å². The molecule has 3 nitrogen and oxygen atoms in total. The van der Waals surface area contributed by atoms with E-state index in [2.05, 4.69) is 28.2 Å². The Bertz CT molecular complexity index is 475. The molecule has 1 saturated carbocycles. The third-order valence-electron chi connectivity index (χ3n) is 3.33. The first-order valence-electron chi connectivity index (χ1n) is 6.73. The van der Waals surface area contributed by atoms with E-state index in [9.17, 15) is 4.39 Å². The van der Waals surface area contributed by atoms with Crippen LogP contribution in [0.25, 0.3) is 0 Å². The maximum absolute atomic E-state index is 13.5. The Kier molecular flexibility index (Phi) is 5.66. The molecule has 1 aromatic carbocycles. The van der Waals surface area contributed by atoms with Crippen LogP contribution in [0, 0.1) is 5.82 Å². The third kappa shape index (κ3) is 3.45. The van der Waals surface area contributed by atoms with Gasteiger partial charge in [0, 0.05) is 25.1 Å². The summed E-state index contributed by atoms with van der Waals surface area (Å²) in [5.41, 5.74) is 0. The van der Waals surface area contributed by atoms with E-state index in [1.165, 1.54) is 12.1 Å². The van der Waals surface area contributed by atoms with Gasteiger partial charge >= 0.3 is 0 Å². The highest BCUT2D eigenvalue weighted by atomic mass is 79.9. The number of ether oxygens (including phenoxy) is 2. The van der Waals surface area contributed by atoms with Gasteiger partial charge in [-0.15, -0.1) is 0 Å². The van der Waals surface area contributed by atoms with Crippen LogP contribution in [0.4, 0.5) is 4.39 Å². The van der Waals surface area contributed by atoms with Crippen molar-refractivity contribution in [1.82, 2.24) is 5.32 Å². The molecule has 20 heavy (non-hydrogen) atoms. The molecular weight excluding hydrogens is 349 g/mol. The molecule has 0 heterocycles. The van der Waals surface area contributed by atoms with Gasteiger partial charge in [0.1, 0.15) is 23.8 Å². The van der Waals surface area contributed by atoms with Crippen molar-refractivity contribution in [3.8, 4) is 5.75 Å². The molecule has 0 aromatic heterocycles. The molecule has 3 atom stereocenters. The molecule has 2 rings (SSSR count). The van der Waals surface area contributed by atoms with Gasteiger partial charge in [-0.3, -0.25) is 0 Å². The summed E-state index contributed by atoms with van der Waals surface area (Å²) in [6, 6.07) is 3.10. The highest BCUT2D eigenvalue weighted by Gasteiger charge is 2.43. The first-order chi connectivity index (χ1) is 9.56. The first kappa shape index (κ1) is 16.0. The quantitative estimate of drug-likeness (QED) is 0.777. The summed E-state index contributed by atoms with van der Waals surface area (Å²) in [6.07, 6.45) is 0.760. The highest BCUT2D eigenvalue weighted by Crippen LogP contribution is 2.35. The van der Waals surface area contributed by atoms with Gasteiger partial charge in [-0.25, -0.2) is 4.39 Å². The molecule has 112 valence electrons. The van der Waals surface area contributed by atoms with E-state index in [0.717, 1.165) is 13.0 Å². The predicted molar refractivity (Wildman–Crippen MR) is 81.0 cm³/mol. The second-order valence-electron chi connectivity index (χ2n) is 4.67. The van der Waals surface area contributed by atoms with Crippen molar-refractivity contribution in [1.29, 1.82) is 0 Å². The lowest BCUT2D eigenvalue weighted by Crippen LogP contribution is -2.61. The van der Waals surface area contributed by atoms with Crippen LogP contribution in [0.2, 0.25) is 5.02 Å². The molecule has 0 radical (unpaired) electrons. The van der Waals surface area contributed by atoms with Crippen LogP contribution in [-0.2, 0) is 4.74 Å². The van der Waals surface area contributed by atoms with Crippen LogP contribution in [0.3, 0.4) is 0 Å². The fourth-order valence-corrected chi connectivity index (χ4v) is 3.06. The van der Waals surface area contributed by atoms with E-state index in [1.807, 2.05) is 6.92 Å². The lowest BCUT2D eigenvalue weighted by molar-refractivity contribution is -0.104. The average Bonchev–Trinajstić information content (AvgIpc) is 2.40. The molecule has 0 amide bonds. The average molecular weight is 367 g/mol. The van der Waals surface area contributed by atoms with Crippen molar-refractivity contribution >= 4 is 27.5 Å². The summed E-state index contributed by atoms with van der Waals surface area (Å²) >= 11 is 9.05. The Morgan fingerprint density at radius 1 is 1.45 bits per heavy atom. The van der Waals surface area contributed by atoms with E-state index in [4.69, 9.17) is 21.1 Å². The SMILES string of the molecule is CCNC1CC(Oc2cc(F)c(Cl)cc2Br)C1OCC. The smallest absolute Gasteiger partial charge is 0.145 e. The minimum absolute atomic E-state index is 0.00871. The van der Waals surface area contributed by atoms with Gasteiger partial charge in [0.25, 0.3) is 0 Å². The van der Waals surface area contributed by atoms with Gasteiger partial charge in [-0.05, 0) is 35.5 Å².